The average molecular weight is 366 g/mol. The van der Waals surface area contributed by atoms with Crippen LogP contribution in [0.4, 0.5) is 24.5 Å². The van der Waals surface area contributed by atoms with E-state index in [1.165, 1.54) is 6.92 Å². The molecule has 0 saturated heterocycles. The van der Waals surface area contributed by atoms with Gasteiger partial charge in [0.1, 0.15) is 11.5 Å². The first-order valence-electron chi connectivity index (χ1n) is 7.52. The standard InChI is InChI=1S/C17H17F3N4O2/c1-7(25)6-24-17(26)16(23)9-3-2-8(13(19)15(9)22)12-10(18)4-5-11(21)14(12)20/h2-5,7,23,25H,6,21-22H2,1H3,(H,24,26). The van der Waals surface area contributed by atoms with Crippen molar-refractivity contribution in [2.45, 2.75) is 13.0 Å². The van der Waals surface area contributed by atoms with Gasteiger partial charge in [0.2, 0.25) is 0 Å². The Kier molecular flexibility index (Phi) is 5.51. The van der Waals surface area contributed by atoms with E-state index >= 15 is 0 Å². The lowest BCUT2D eigenvalue weighted by atomic mass is 9.97. The molecule has 138 valence electrons. The molecule has 0 heterocycles. The van der Waals surface area contributed by atoms with Crippen LogP contribution in [0, 0.1) is 22.9 Å². The number of benzene rings is 2. The van der Waals surface area contributed by atoms with E-state index in [9.17, 15) is 18.0 Å². The van der Waals surface area contributed by atoms with Crippen LogP contribution in [0.3, 0.4) is 0 Å². The predicted molar refractivity (Wildman–Crippen MR) is 92.1 cm³/mol. The molecule has 6 nitrogen and oxygen atoms in total. The van der Waals surface area contributed by atoms with E-state index in [1.54, 1.807) is 0 Å². The number of carbonyl (C=O) groups excluding carboxylic acids is 1. The van der Waals surface area contributed by atoms with Crippen LogP contribution in [0.1, 0.15) is 12.5 Å². The van der Waals surface area contributed by atoms with Crippen molar-refractivity contribution >= 4 is 23.0 Å². The number of hydrogen-bond donors (Lipinski definition) is 5. The van der Waals surface area contributed by atoms with E-state index in [0.717, 1.165) is 24.3 Å². The Morgan fingerprint density at radius 2 is 1.85 bits per heavy atom. The summed E-state index contributed by atoms with van der Waals surface area (Å²) in [5, 5.41) is 19.2. The lowest BCUT2D eigenvalue weighted by Gasteiger charge is -2.14. The molecule has 7 N–H and O–H groups in total. The molecule has 0 aliphatic rings. The van der Waals surface area contributed by atoms with Crippen LogP contribution in [0.5, 0.6) is 0 Å². The van der Waals surface area contributed by atoms with Gasteiger partial charge in [-0.2, -0.15) is 0 Å². The summed E-state index contributed by atoms with van der Waals surface area (Å²) in [6.07, 6.45) is -0.835. The third kappa shape index (κ3) is 3.62. The molecule has 2 aromatic rings. The first-order valence-corrected chi connectivity index (χ1v) is 7.52. The molecule has 0 bridgehead atoms. The van der Waals surface area contributed by atoms with Crippen molar-refractivity contribution in [1.82, 2.24) is 5.32 Å². The number of aliphatic hydroxyl groups excluding tert-OH is 1. The lowest BCUT2D eigenvalue weighted by Crippen LogP contribution is -2.36. The summed E-state index contributed by atoms with van der Waals surface area (Å²) in [6, 6.07) is 4.02. The molecule has 0 saturated carbocycles. The quantitative estimate of drug-likeness (QED) is 0.409. The molecule has 2 rings (SSSR count). The maximum Gasteiger partial charge on any atom is 0.269 e. The summed E-state index contributed by atoms with van der Waals surface area (Å²) in [6.45, 7) is 1.32. The first kappa shape index (κ1) is 19.3. The van der Waals surface area contributed by atoms with Gasteiger partial charge < -0.3 is 21.9 Å². The SMILES string of the molecule is CC(O)CNC(=O)C(=N)c1ccc(-c2c(F)ccc(N)c2F)c(F)c1N. The summed E-state index contributed by atoms with van der Waals surface area (Å²) in [5.74, 6) is -4.24. The van der Waals surface area contributed by atoms with Gasteiger partial charge in [0.25, 0.3) is 5.91 Å². The summed E-state index contributed by atoms with van der Waals surface area (Å²) in [7, 11) is 0. The highest BCUT2D eigenvalue weighted by molar-refractivity contribution is 6.45. The Morgan fingerprint density at radius 1 is 1.19 bits per heavy atom. The number of halogens is 3. The minimum atomic E-state index is -1.18. The van der Waals surface area contributed by atoms with Crippen molar-refractivity contribution in [3.8, 4) is 11.1 Å². The molecule has 0 spiro atoms. The number of carbonyl (C=O) groups is 1. The zero-order valence-corrected chi connectivity index (χ0v) is 13.7. The molecule has 1 amide bonds. The lowest BCUT2D eigenvalue weighted by molar-refractivity contribution is -0.115. The van der Waals surface area contributed by atoms with E-state index < -0.39 is 52.0 Å². The third-order valence-corrected chi connectivity index (χ3v) is 3.62. The highest BCUT2D eigenvalue weighted by atomic mass is 19.1. The summed E-state index contributed by atoms with van der Waals surface area (Å²) < 4.78 is 42.7. The zero-order valence-electron chi connectivity index (χ0n) is 13.7. The van der Waals surface area contributed by atoms with E-state index in [2.05, 4.69) is 5.32 Å². The predicted octanol–water partition coefficient (Wildman–Crippen LogP) is 1.80. The van der Waals surface area contributed by atoms with Gasteiger partial charge in [-0.1, -0.05) is 6.07 Å². The third-order valence-electron chi connectivity index (χ3n) is 3.62. The second-order valence-electron chi connectivity index (χ2n) is 5.65. The molecule has 0 aromatic heterocycles. The molecular formula is C17H17F3N4O2. The first-order chi connectivity index (χ1) is 12.1. The number of rotatable bonds is 5. The highest BCUT2D eigenvalue weighted by Gasteiger charge is 2.23. The fourth-order valence-electron chi connectivity index (χ4n) is 2.27. The van der Waals surface area contributed by atoms with Gasteiger partial charge in [-0.05, 0) is 25.1 Å². The van der Waals surface area contributed by atoms with Gasteiger partial charge in [0.05, 0.1) is 23.0 Å². The molecule has 0 aliphatic heterocycles. The van der Waals surface area contributed by atoms with Crippen molar-refractivity contribution in [2.75, 3.05) is 18.0 Å². The van der Waals surface area contributed by atoms with Crippen molar-refractivity contribution in [2.24, 2.45) is 0 Å². The van der Waals surface area contributed by atoms with Crippen LogP contribution in [-0.4, -0.2) is 29.4 Å². The molecule has 9 heteroatoms. The second-order valence-corrected chi connectivity index (χ2v) is 5.65. The Balaban J connectivity index is 2.46. The van der Waals surface area contributed by atoms with Crippen LogP contribution < -0.4 is 16.8 Å². The zero-order chi connectivity index (χ0) is 19.6. The fraction of sp³-hybridized carbons (Fsp3) is 0.176. The number of nitrogens with two attached hydrogens (primary N) is 2. The maximum absolute atomic E-state index is 14.6. The van der Waals surface area contributed by atoms with Crippen LogP contribution in [0.15, 0.2) is 24.3 Å². The van der Waals surface area contributed by atoms with Crippen molar-refractivity contribution in [1.29, 1.82) is 5.41 Å². The van der Waals surface area contributed by atoms with E-state index in [0.29, 0.717) is 0 Å². The minimum Gasteiger partial charge on any atom is -0.396 e. The Hall–Kier alpha value is -3.07. The van der Waals surface area contributed by atoms with Crippen LogP contribution in [-0.2, 0) is 4.79 Å². The van der Waals surface area contributed by atoms with Gasteiger partial charge in [-0.25, -0.2) is 13.2 Å². The Labute approximate surface area is 147 Å². The second kappa shape index (κ2) is 7.44. The smallest absolute Gasteiger partial charge is 0.269 e. The largest absolute Gasteiger partial charge is 0.396 e. The normalized spacial score (nSPS) is 11.9. The highest BCUT2D eigenvalue weighted by Crippen LogP contribution is 2.34. The van der Waals surface area contributed by atoms with Crippen LogP contribution in [0.25, 0.3) is 11.1 Å². The average Bonchev–Trinajstić information content (AvgIpc) is 2.59. The summed E-state index contributed by atoms with van der Waals surface area (Å²) in [4.78, 5) is 11.9. The molecule has 0 fully saturated rings. The number of aliphatic hydroxyl groups is 1. The van der Waals surface area contributed by atoms with Gasteiger partial charge in [0, 0.05) is 17.7 Å². The molecular weight excluding hydrogens is 349 g/mol. The molecule has 26 heavy (non-hydrogen) atoms. The Morgan fingerprint density at radius 3 is 2.46 bits per heavy atom. The summed E-state index contributed by atoms with van der Waals surface area (Å²) in [5.41, 5.74) is 7.97. The van der Waals surface area contributed by atoms with Gasteiger partial charge in [-0.15, -0.1) is 0 Å². The van der Waals surface area contributed by atoms with Crippen LogP contribution in [0.2, 0.25) is 0 Å². The number of hydrogen-bond acceptors (Lipinski definition) is 5. The van der Waals surface area contributed by atoms with Crippen molar-refractivity contribution in [3.05, 3.63) is 47.3 Å². The van der Waals surface area contributed by atoms with Gasteiger partial charge >= 0.3 is 0 Å². The van der Waals surface area contributed by atoms with Gasteiger partial charge in [0.15, 0.2) is 11.6 Å². The van der Waals surface area contributed by atoms with Gasteiger partial charge in [-0.3, -0.25) is 10.2 Å². The van der Waals surface area contributed by atoms with E-state index in [1.807, 2.05) is 0 Å². The van der Waals surface area contributed by atoms with Crippen molar-refractivity contribution < 1.29 is 23.1 Å². The number of anilines is 2. The van der Waals surface area contributed by atoms with E-state index in [4.69, 9.17) is 22.0 Å². The minimum absolute atomic E-state index is 0.110. The summed E-state index contributed by atoms with van der Waals surface area (Å²) >= 11 is 0. The molecule has 2 aromatic carbocycles. The molecule has 1 atom stereocenters. The van der Waals surface area contributed by atoms with Crippen LogP contribution >= 0.6 is 0 Å². The topological polar surface area (TPSA) is 125 Å². The molecule has 0 aliphatic carbocycles. The molecule has 1 unspecified atom stereocenters. The van der Waals surface area contributed by atoms with Crippen molar-refractivity contribution in [3.63, 3.8) is 0 Å². The number of nitrogen functional groups attached to an aromatic ring is 2. The van der Waals surface area contributed by atoms with E-state index in [-0.39, 0.29) is 17.8 Å². The number of nitrogens with one attached hydrogen (secondary N) is 2. The monoisotopic (exact) mass is 366 g/mol. The Bertz CT molecular complexity index is 885. The number of amides is 1. The fourth-order valence-corrected chi connectivity index (χ4v) is 2.27. The molecule has 0 radical (unpaired) electrons. The maximum atomic E-state index is 14.6.